The molecule has 3 rings (SSSR count). The van der Waals surface area contributed by atoms with Crippen LogP contribution in [-0.4, -0.2) is 22.8 Å². The number of hydrogen-bond acceptors (Lipinski definition) is 0. The number of aromatic nitrogens is 1. The monoisotopic (exact) mass is 249 g/mol. The van der Waals surface area contributed by atoms with Gasteiger partial charge in [0.2, 0.25) is 0 Å². The van der Waals surface area contributed by atoms with Crippen LogP contribution in [0.4, 0.5) is 0 Å². The highest BCUT2D eigenvalue weighted by Gasteiger charge is 2.00. The molecule has 0 atom stereocenters. The van der Waals surface area contributed by atoms with Gasteiger partial charge < -0.3 is 4.98 Å². The van der Waals surface area contributed by atoms with Crippen molar-refractivity contribution in [1.82, 2.24) is 4.98 Å². The second-order valence-corrected chi connectivity index (χ2v) is 4.73. The quantitative estimate of drug-likeness (QED) is 0.782. The van der Waals surface area contributed by atoms with Crippen LogP contribution in [0.5, 0.6) is 0 Å². The molecule has 1 aliphatic heterocycles. The Hall–Kier alpha value is -2.35. The smallest absolute Gasteiger partial charge is 0.168 e. The van der Waals surface area contributed by atoms with Crippen molar-refractivity contribution in [3.05, 3.63) is 66.0 Å². The lowest BCUT2D eigenvalue weighted by molar-refractivity contribution is -0.417. The molecule has 0 fully saturated rings. The van der Waals surface area contributed by atoms with Crippen molar-refractivity contribution in [2.45, 2.75) is 6.42 Å². The molecule has 1 aromatic carbocycles. The molecule has 0 aliphatic carbocycles. The predicted octanol–water partition coefficient (Wildman–Crippen LogP) is 3.74. The van der Waals surface area contributed by atoms with Crippen LogP contribution in [0.25, 0.3) is 17.0 Å². The van der Waals surface area contributed by atoms with Crippen LogP contribution in [0.15, 0.2) is 60.5 Å². The summed E-state index contributed by atoms with van der Waals surface area (Å²) in [4.78, 5) is 3.29. The molecule has 0 spiro atoms. The minimum atomic E-state index is 0.969. The molecule has 0 unspecified atom stereocenters. The molecule has 2 aromatic rings. The summed E-state index contributed by atoms with van der Waals surface area (Å²) in [6.07, 6.45) is 16.0. The van der Waals surface area contributed by atoms with E-state index >= 15 is 0 Å². The van der Waals surface area contributed by atoms with Gasteiger partial charge in [0, 0.05) is 29.6 Å². The van der Waals surface area contributed by atoms with Gasteiger partial charge in [0.1, 0.15) is 13.3 Å². The number of aromatic amines is 1. The first kappa shape index (κ1) is 11.7. The van der Waals surface area contributed by atoms with E-state index in [0.29, 0.717) is 0 Å². The highest BCUT2D eigenvalue weighted by Crippen LogP contribution is 2.19. The minimum Gasteiger partial charge on any atom is -0.361 e. The summed E-state index contributed by atoms with van der Waals surface area (Å²) in [5.41, 5.74) is 3.65. The van der Waals surface area contributed by atoms with Crippen LogP contribution in [0.1, 0.15) is 12.0 Å². The predicted molar refractivity (Wildman–Crippen MR) is 81.4 cm³/mol. The van der Waals surface area contributed by atoms with Crippen molar-refractivity contribution in [3.63, 3.8) is 0 Å². The Balaban J connectivity index is 1.87. The van der Waals surface area contributed by atoms with E-state index in [1.807, 2.05) is 0 Å². The summed E-state index contributed by atoms with van der Waals surface area (Å²) in [6, 6.07) is 8.36. The number of fused-ring (bicyclic) bond motifs is 1. The molecule has 1 aromatic heterocycles. The highest BCUT2D eigenvalue weighted by molar-refractivity contribution is 5.89. The van der Waals surface area contributed by atoms with Crippen LogP contribution in [0, 0.1) is 0 Å². The maximum Gasteiger partial charge on any atom is 0.168 e. The van der Waals surface area contributed by atoms with Gasteiger partial charge >= 0.3 is 0 Å². The van der Waals surface area contributed by atoms with Crippen molar-refractivity contribution in [1.29, 1.82) is 0 Å². The molecule has 2 heterocycles. The molecule has 0 amide bonds. The Kier molecular flexibility index (Phi) is 3.15. The van der Waals surface area contributed by atoms with E-state index in [9.17, 15) is 0 Å². The molecule has 2 heteroatoms. The summed E-state index contributed by atoms with van der Waals surface area (Å²) < 4.78 is 2.09. The van der Waals surface area contributed by atoms with E-state index < -0.39 is 0 Å². The maximum atomic E-state index is 3.29. The summed E-state index contributed by atoms with van der Waals surface area (Å²) in [5, 5.41) is 1.26. The SMILES string of the molecule is C[N+]1=CCC=C(C=Cc2c[nH]c3ccccc23)C=C1. The van der Waals surface area contributed by atoms with Crippen LogP contribution < -0.4 is 0 Å². The Bertz CT molecular complexity index is 712. The van der Waals surface area contributed by atoms with Crippen LogP contribution >= 0.6 is 0 Å². The third-order valence-electron chi connectivity index (χ3n) is 3.33. The van der Waals surface area contributed by atoms with E-state index in [1.54, 1.807) is 0 Å². The minimum absolute atomic E-state index is 0.969. The molecule has 0 saturated carbocycles. The van der Waals surface area contributed by atoms with Crippen LogP contribution in [0.3, 0.4) is 0 Å². The van der Waals surface area contributed by atoms with Gasteiger partial charge in [-0.2, -0.15) is 0 Å². The Morgan fingerprint density at radius 3 is 3.05 bits per heavy atom. The molecule has 0 saturated heterocycles. The first-order valence-electron chi connectivity index (χ1n) is 6.51. The standard InChI is InChI=1S/C17H17N2/c1-19-11-4-5-14(10-12-19)8-9-15-13-18-17-7-3-2-6-16(15)17/h2-3,5-13,18H,4H2,1H3/q+1. The van der Waals surface area contributed by atoms with E-state index in [-0.39, 0.29) is 0 Å². The van der Waals surface area contributed by atoms with Crippen molar-refractivity contribution in [2.75, 3.05) is 7.05 Å². The van der Waals surface area contributed by atoms with Gasteiger partial charge in [-0.3, -0.25) is 0 Å². The van der Waals surface area contributed by atoms with Gasteiger partial charge in [-0.05, 0) is 17.2 Å². The molecule has 0 bridgehead atoms. The van der Waals surface area contributed by atoms with Gasteiger partial charge in [-0.1, -0.05) is 36.4 Å². The van der Waals surface area contributed by atoms with Gasteiger partial charge in [-0.15, -0.1) is 0 Å². The molecule has 0 radical (unpaired) electrons. The van der Waals surface area contributed by atoms with Gasteiger partial charge in [0.05, 0.1) is 0 Å². The van der Waals surface area contributed by atoms with E-state index in [1.165, 1.54) is 22.0 Å². The first-order chi connectivity index (χ1) is 9.33. The number of nitrogens with zero attached hydrogens (tertiary/aromatic N) is 1. The fraction of sp³-hybridized carbons (Fsp3) is 0.118. The third kappa shape index (κ3) is 2.58. The topological polar surface area (TPSA) is 18.8 Å². The first-order valence-corrected chi connectivity index (χ1v) is 6.51. The highest BCUT2D eigenvalue weighted by atomic mass is 14.9. The number of para-hydroxylation sites is 1. The maximum absolute atomic E-state index is 3.29. The lowest BCUT2D eigenvalue weighted by atomic mass is 10.1. The fourth-order valence-corrected chi connectivity index (χ4v) is 2.23. The van der Waals surface area contributed by atoms with Gasteiger partial charge in [0.15, 0.2) is 6.20 Å². The Morgan fingerprint density at radius 1 is 1.21 bits per heavy atom. The molecular formula is C17H17N2+. The molecule has 94 valence electrons. The van der Waals surface area contributed by atoms with Gasteiger partial charge in [-0.25, -0.2) is 4.58 Å². The number of allylic oxidation sites excluding steroid dienone is 4. The number of hydrogen-bond donors (Lipinski definition) is 1. The zero-order chi connectivity index (χ0) is 13.1. The van der Waals surface area contributed by atoms with E-state index in [2.05, 4.69) is 83.8 Å². The average Bonchev–Trinajstić information content (AvgIpc) is 2.73. The van der Waals surface area contributed by atoms with Crippen LogP contribution in [0.2, 0.25) is 0 Å². The number of nitrogens with one attached hydrogen (secondary N) is 1. The largest absolute Gasteiger partial charge is 0.361 e. The van der Waals surface area contributed by atoms with Crippen molar-refractivity contribution in [3.8, 4) is 0 Å². The molecule has 2 nitrogen and oxygen atoms in total. The zero-order valence-electron chi connectivity index (χ0n) is 11.0. The summed E-state index contributed by atoms with van der Waals surface area (Å²) in [5.74, 6) is 0. The number of benzene rings is 1. The molecular weight excluding hydrogens is 232 g/mol. The van der Waals surface area contributed by atoms with Gasteiger partial charge in [0.25, 0.3) is 0 Å². The fourth-order valence-electron chi connectivity index (χ4n) is 2.23. The Morgan fingerprint density at radius 2 is 2.11 bits per heavy atom. The van der Waals surface area contributed by atoms with Crippen molar-refractivity contribution in [2.24, 2.45) is 0 Å². The average molecular weight is 249 g/mol. The van der Waals surface area contributed by atoms with E-state index in [0.717, 1.165) is 6.42 Å². The third-order valence-corrected chi connectivity index (χ3v) is 3.33. The molecule has 1 aliphatic rings. The van der Waals surface area contributed by atoms with Crippen molar-refractivity contribution >= 4 is 23.2 Å². The number of rotatable bonds is 2. The lowest BCUT2D eigenvalue weighted by Crippen LogP contribution is -1.94. The second kappa shape index (κ2) is 5.11. The zero-order valence-corrected chi connectivity index (χ0v) is 11.0. The summed E-state index contributed by atoms with van der Waals surface area (Å²) in [6.45, 7) is 0. The molecule has 1 N–H and O–H groups in total. The second-order valence-electron chi connectivity index (χ2n) is 4.73. The normalized spacial score (nSPS) is 15.6. The number of H-pyrrole nitrogens is 1. The summed E-state index contributed by atoms with van der Waals surface area (Å²) >= 11 is 0. The molecule has 19 heavy (non-hydrogen) atoms. The van der Waals surface area contributed by atoms with Crippen LogP contribution in [-0.2, 0) is 0 Å². The van der Waals surface area contributed by atoms with E-state index in [4.69, 9.17) is 0 Å². The summed E-state index contributed by atoms with van der Waals surface area (Å²) in [7, 11) is 2.05. The van der Waals surface area contributed by atoms with Crippen molar-refractivity contribution < 1.29 is 4.58 Å². The Labute approximate surface area is 113 Å². The lowest BCUT2D eigenvalue weighted by Gasteiger charge is -1.92.